The van der Waals surface area contributed by atoms with E-state index in [1.54, 1.807) is 0 Å². The zero-order valence-corrected chi connectivity index (χ0v) is 8.39. The van der Waals surface area contributed by atoms with E-state index in [1.165, 1.54) is 0 Å². The van der Waals surface area contributed by atoms with Crippen LogP contribution in [-0.4, -0.2) is 33.2 Å². The molecule has 0 aliphatic rings. The Kier molecular flexibility index (Phi) is 28.5. The fraction of sp³-hybridized carbons (Fsp3) is 0.333. The van der Waals surface area contributed by atoms with Gasteiger partial charge < -0.3 is 15.3 Å². The van der Waals surface area contributed by atoms with Crippen LogP contribution in [-0.2, 0) is 31.2 Å². The van der Waals surface area contributed by atoms with Gasteiger partial charge >= 0.3 is 5.97 Å². The molecule has 14 heavy (non-hydrogen) atoms. The minimum absolute atomic E-state index is 0. The first-order valence-corrected chi connectivity index (χ1v) is 2.76. The Bertz CT molecular complexity index is 201. The Balaban J connectivity index is -0.0000000522. The van der Waals surface area contributed by atoms with Gasteiger partial charge in [0.1, 0.15) is 0 Å². The van der Waals surface area contributed by atoms with Crippen LogP contribution in [0, 0.1) is 11.3 Å². The van der Waals surface area contributed by atoms with Crippen LogP contribution in [0.4, 0.5) is 0 Å². The topological polar surface area (TPSA) is 136 Å². The van der Waals surface area contributed by atoms with Crippen LogP contribution in [0.3, 0.4) is 0 Å². The van der Waals surface area contributed by atoms with Crippen LogP contribution in [0.1, 0.15) is 13.8 Å². The molecule has 0 saturated heterocycles. The number of nitriles is 1. The zero-order chi connectivity index (χ0) is 11.4. The maximum atomic E-state index is 9.01. The zero-order valence-electron chi connectivity index (χ0n) is 7.35. The Labute approximate surface area is 90.2 Å². The molecule has 7 nitrogen and oxygen atoms in total. The van der Waals surface area contributed by atoms with Crippen LogP contribution >= 0.6 is 0 Å². The molecule has 3 N–H and O–H groups in total. The number of aliphatic carboxylic acids is 3. The van der Waals surface area contributed by atoms with Gasteiger partial charge in [0.25, 0.3) is 11.9 Å². The van der Waals surface area contributed by atoms with Crippen LogP contribution in [0.5, 0.6) is 0 Å². The van der Waals surface area contributed by atoms with E-state index < -0.39 is 17.9 Å². The molecule has 0 aromatic heterocycles. The molecule has 0 fully saturated rings. The van der Waals surface area contributed by atoms with E-state index in [9.17, 15) is 0 Å². The summed E-state index contributed by atoms with van der Waals surface area (Å²) in [4.78, 5) is 27.0. The largest absolute Gasteiger partial charge is 0.481 e. The van der Waals surface area contributed by atoms with E-state index in [2.05, 4.69) is 0 Å². The van der Waals surface area contributed by atoms with Gasteiger partial charge in [0.05, 0.1) is 0 Å². The summed E-state index contributed by atoms with van der Waals surface area (Å²) in [5.74, 6) is -3.11. The van der Waals surface area contributed by atoms with Gasteiger partial charge in [-0.25, -0.2) is 4.79 Å². The third-order valence-corrected chi connectivity index (χ3v) is 0.0956. The number of hydrogen-bond acceptors (Lipinski definition) is 4. The molecule has 1 radical (unpaired) electrons. The molecule has 0 aromatic rings. The smallest absolute Gasteiger partial charge is 0.408 e. The molecule has 0 aromatic carbocycles. The first kappa shape index (κ1) is 22.8. The second-order valence-electron chi connectivity index (χ2n) is 1.45. The van der Waals surface area contributed by atoms with Gasteiger partial charge in [0.2, 0.25) is 0 Å². The molecule has 0 atom stereocenters. The Morgan fingerprint density at radius 1 is 1.00 bits per heavy atom. The van der Waals surface area contributed by atoms with Crippen molar-refractivity contribution in [2.75, 3.05) is 0 Å². The third-order valence-electron chi connectivity index (χ3n) is 0.0956. The van der Waals surface area contributed by atoms with Crippen molar-refractivity contribution >= 4 is 17.9 Å². The Morgan fingerprint density at radius 2 is 1.07 bits per heavy atom. The fourth-order valence-electron chi connectivity index (χ4n) is 0. The monoisotopic (exact) mass is 250 g/mol. The van der Waals surface area contributed by atoms with Crippen LogP contribution in [0.15, 0.2) is 0 Å². The summed E-state index contributed by atoms with van der Waals surface area (Å²) in [5, 5.41) is 29.5. The van der Waals surface area contributed by atoms with Crippen molar-refractivity contribution in [1.29, 1.82) is 5.26 Å². The second-order valence-corrected chi connectivity index (χ2v) is 1.45. The molecule has 0 amide bonds. The molecule has 0 heterocycles. The number of nitrogens with zero attached hydrogens (tertiary/aromatic N) is 1. The summed E-state index contributed by atoms with van der Waals surface area (Å²) < 4.78 is 0. The van der Waals surface area contributed by atoms with Crippen molar-refractivity contribution in [3.63, 3.8) is 0 Å². The fourth-order valence-corrected chi connectivity index (χ4v) is 0. The normalized spacial score (nSPS) is 5.50. The van der Waals surface area contributed by atoms with Gasteiger partial charge in [-0.2, -0.15) is 5.26 Å². The van der Waals surface area contributed by atoms with Crippen molar-refractivity contribution in [2.45, 2.75) is 13.8 Å². The van der Waals surface area contributed by atoms with Gasteiger partial charge in [-0.1, -0.05) is 0 Å². The molecular formula is C6H9CoNO6. The molecule has 0 aliphatic heterocycles. The van der Waals surface area contributed by atoms with Gasteiger partial charge in [0, 0.05) is 30.6 Å². The average molecular weight is 250 g/mol. The molecule has 0 spiro atoms. The van der Waals surface area contributed by atoms with E-state index in [0.29, 0.717) is 0 Å². The number of hydrogen-bond donors (Lipinski definition) is 3. The maximum absolute atomic E-state index is 9.01. The average Bonchev–Trinajstić information content (AvgIpc) is 1.84. The molecule has 0 aliphatic carbocycles. The van der Waals surface area contributed by atoms with Crippen LogP contribution in [0.2, 0.25) is 0 Å². The molecular weight excluding hydrogens is 241 g/mol. The van der Waals surface area contributed by atoms with Gasteiger partial charge in [-0.05, 0) is 0 Å². The van der Waals surface area contributed by atoms with Crippen LogP contribution < -0.4 is 0 Å². The molecule has 0 bridgehead atoms. The van der Waals surface area contributed by atoms with Crippen molar-refractivity contribution in [3.05, 3.63) is 0 Å². The summed E-state index contributed by atoms with van der Waals surface area (Å²) in [6, 6.07) is 0.944. The quantitative estimate of drug-likeness (QED) is 0.399. The maximum Gasteiger partial charge on any atom is 0.408 e. The van der Waals surface area contributed by atoms with E-state index in [4.69, 9.17) is 35.0 Å². The summed E-state index contributed by atoms with van der Waals surface area (Å²) in [6.45, 7) is 2.17. The van der Waals surface area contributed by atoms with Gasteiger partial charge in [-0.3, -0.25) is 9.59 Å². The molecule has 0 unspecified atom stereocenters. The van der Waals surface area contributed by atoms with Crippen LogP contribution in [0.25, 0.3) is 0 Å². The SMILES string of the molecule is CC(=O)O.CC(=O)O.N#CC(=O)O.[Co]. The van der Waals surface area contributed by atoms with Crippen molar-refractivity contribution in [2.24, 2.45) is 0 Å². The second kappa shape index (κ2) is 17.5. The summed E-state index contributed by atoms with van der Waals surface area (Å²) in [7, 11) is 0. The minimum Gasteiger partial charge on any atom is -0.481 e. The van der Waals surface area contributed by atoms with Crippen molar-refractivity contribution < 1.29 is 46.5 Å². The summed E-state index contributed by atoms with van der Waals surface area (Å²) in [5.41, 5.74) is 0. The van der Waals surface area contributed by atoms with Crippen molar-refractivity contribution in [3.8, 4) is 6.07 Å². The molecule has 0 saturated carbocycles. The van der Waals surface area contributed by atoms with Crippen molar-refractivity contribution in [1.82, 2.24) is 0 Å². The minimum atomic E-state index is -1.44. The van der Waals surface area contributed by atoms with Gasteiger partial charge in [0.15, 0.2) is 6.07 Å². The van der Waals surface area contributed by atoms with Gasteiger partial charge in [-0.15, -0.1) is 0 Å². The van der Waals surface area contributed by atoms with E-state index in [0.717, 1.165) is 19.9 Å². The van der Waals surface area contributed by atoms with E-state index >= 15 is 0 Å². The summed E-state index contributed by atoms with van der Waals surface area (Å²) in [6.07, 6.45) is 0. The predicted octanol–water partition coefficient (Wildman–Crippen LogP) is -0.226. The first-order valence-electron chi connectivity index (χ1n) is 2.76. The molecule has 83 valence electrons. The van der Waals surface area contributed by atoms with E-state index in [1.807, 2.05) is 0 Å². The molecule has 8 heteroatoms. The van der Waals surface area contributed by atoms with E-state index in [-0.39, 0.29) is 16.8 Å². The standard InChI is InChI=1S/C2HNO2.2C2H4O2.Co/c3-1-2(4)5;2*1-2(3)4;/h(H,4,5);2*1H3,(H,3,4);. The third kappa shape index (κ3) is 5570. The Hall–Kier alpha value is -1.59. The Morgan fingerprint density at radius 3 is 1.07 bits per heavy atom. The number of carbonyl (C=O) groups is 3. The number of carboxylic acids is 3. The predicted molar refractivity (Wildman–Crippen MR) is 39.9 cm³/mol. The first-order chi connectivity index (χ1) is 5.73. The summed E-state index contributed by atoms with van der Waals surface area (Å²) >= 11 is 0. The molecule has 0 rings (SSSR count). The number of rotatable bonds is 0. The number of carboxylic acid groups (broad SMARTS) is 3.